The van der Waals surface area contributed by atoms with Crippen molar-refractivity contribution in [3.05, 3.63) is 94.4 Å². The van der Waals surface area contributed by atoms with Crippen molar-refractivity contribution in [3.8, 4) is 0 Å². The molecule has 138 valence electrons. The lowest BCUT2D eigenvalue weighted by molar-refractivity contribution is 0.0736. The van der Waals surface area contributed by atoms with E-state index >= 15 is 0 Å². The molecule has 0 radical (unpaired) electrons. The number of amides is 1. The van der Waals surface area contributed by atoms with E-state index in [4.69, 9.17) is 0 Å². The number of carbonyl (C=O) groups excluding carboxylic acids is 1. The highest BCUT2D eigenvalue weighted by Crippen LogP contribution is 2.25. The third kappa shape index (κ3) is 3.00. The fourth-order valence-electron chi connectivity index (χ4n) is 3.74. The number of benzene rings is 2. The Labute approximate surface area is 166 Å². The number of nitrogens with zero attached hydrogens (tertiary/aromatic N) is 1. The molecule has 3 aromatic heterocycles. The number of H-pyrrole nitrogens is 2. The number of carbonyl (C=O) groups is 1. The Balaban J connectivity index is 1.54. The summed E-state index contributed by atoms with van der Waals surface area (Å²) in [4.78, 5) is 22.5. The van der Waals surface area contributed by atoms with Gasteiger partial charge in [-0.1, -0.05) is 30.3 Å². The topological polar surface area (TPSA) is 51.9 Å². The molecule has 0 spiro atoms. The van der Waals surface area contributed by atoms with Gasteiger partial charge in [0.15, 0.2) is 0 Å². The van der Waals surface area contributed by atoms with Gasteiger partial charge >= 0.3 is 0 Å². The molecule has 3 heterocycles. The van der Waals surface area contributed by atoms with E-state index in [-0.39, 0.29) is 5.91 Å². The molecule has 0 fully saturated rings. The zero-order valence-corrected chi connectivity index (χ0v) is 16.0. The largest absolute Gasteiger partial charge is 0.361 e. The first-order chi connectivity index (χ1) is 13.8. The number of aromatic nitrogens is 2. The van der Waals surface area contributed by atoms with Crippen molar-refractivity contribution >= 4 is 39.0 Å². The van der Waals surface area contributed by atoms with Crippen molar-refractivity contribution in [2.45, 2.75) is 13.1 Å². The summed E-state index contributed by atoms with van der Waals surface area (Å²) in [5.41, 5.74) is 4.47. The summed E-state index contributed by atoms with van der Waals surface area (Å²) in [5.74, 6) is 0.0649. The van der Waals surface area contributed by atoms with Crippen LogP contribution in [0.25, 0.3) is 21.8 Å². The first-order valence-corrected chi connectivity index (χ1v) is 10.1. The second-order valence-corrected chi connectivity index (χ2v) is 7.80. The third-order valence-electron chi connectivity index (χ3n) is 5.11. The van der Waals surface area contributed by atoms with Gasteiger partial charge in [0.2, 0.25) is 0 Å². The van der Waals surface area contributed by atoms with Crippen LogP contribution in [0, 0.1) is 0 Å². The smallest absolute Gasteiger partial charge is 0.264 e. The molecule has 0 aliphatic carbocycles. The third-order valence-corrected chi connectivity index (χ3v) is 5.97. The van der Waals surface area contributed by atoms with Gasteiger partial charge in [0.05, 0.1) is 4.88 Å². The monoisotopic (exact) mass is 385 g/mol. The van der Waals surface area contributed by atoms with Gasteiger partial charge in [0, 0.05) is 47.3 Å². The SMILES string of the molecule is O=C(c1cccs1)N(Cc1cccc2[nH]ccc12)Cc1cccc2[nH]ccc12. The molecule has 2 N–H and O–H groups in total. The lowest BCUT2D eigenvalue weighted by atomic mass is 10.1. The maximum atomic E-state index is 13.3. The van der Waals surface area contributed by atoms with Crippen LogP contribution >= 0.6 is 11.3 Å². The molecule has 5 heteroatoms. The maximum Gasteiger partial charge on any atom is 0.264 e. The minimum Gasteiger partial charge on any atom is -0.361 e. The van der Waals surface area contributed by atoms with E-state index in [1.165, 1.54) is 11.3 Å². The summed E-state index contributed by atoms with van der Waals surface area (Å²) in [6.07, 6.45) is 3.89. The van der Waals surface area contributed by atoms with Crippen LogP contribution in [-0.2, 0) is 13.1 Å². The quantitative estimate of drug-likeness (QED) is 0.409. The minimum atomic E-state index is 0.0649. The molecule has 5 aromatic rings. The molecule has 4 nitrogen and oxygen atoms in total. The van der Waals surface area contributed by atoms with Crippen LogP contribution in [0.4, 0.5) is 0 Å². The Morgan fingerprint density at radius 1 is 0.786 bits per heavy atom. The molecule has 0 atom stereocenters. The minimum absolute atomic E-state index is 0.0649. The zero-order chi connectivity index (χ0) is 18.9. The average Bonchev–Trinajstić information content (AvgIpc) is 3.48. The number of nitrogens with one attached hydrogen (secondary N) is 2. The molecule has 0 aliphatic heterocycles. The molecule has 2 aromatic carbocycles. The number of fused-ring (bicyclic) bond motifs is 2. The predicted molar refractivity (Wildman–Crippen MR) is 114 cm³/mol. The summed E-state index contributed by atoms with van der Waals surface area (Å²) < 4.78 is 0. The van der Waals surface area contributed by atoms with Crippen LogP contribution in [0.15, 0.2) is 78.4 Å². The van der Waals surface area contributed by atoms with E-state index in [0.29, 0.717) is 13.1 Å². The predicted octanol–water partition coefficient (Wildman–Crippen LogP) is 5.55. The van der Waals surface area contributed by atoms with Gasteiger partial charge < -0.3 is 14.9 Å². The van der Waals surface area contributed by atoms with Gasteiger partial charge in [0.1, 0.15) is 0 Å². The highest BCUT2D eigenvalue weighted by Gasteiger charge is 2.19. The van der Waals surface area contributed by atoms with Gasteiger partial charge in [-0.3, -0.25) is 4.79 Å². The molecular formula is C23H19N3OS. The normalized spacial score (nSPS) is 11.3. The van der Waals surface area contributed by atoms with Crippen LogP contribution in [0.3, 0.4) is 0 Å². The summed E-state index contributed by atoms with van der Waals surface area (Å²) >= 11 is 1.49. The Kier molecular flexibility index (Phi) is 4.22. The van der Waals surface area contributed by atoms with Gasteiger partial charge in [-0.2, -0.15) is 0 Å². The Morgan fingerprint density at radius 3 is 1.93 bits per heavy atom. The first-order valence-electron chi connectivity index (χ1n) is 9.22. The van der Waals surface area contributed by atoms with E-state index in [2.05, 4.69) is 46.4 Å². The maximum absolute atomic E-state index is 13.3. The molecular weight excluding hydrogens is 366 g/mol. The molecule has 0 bridgehead atoms. The fourth-order valence-corrected chi connectivity index (χ4v) is 4.43. The van der Waals surface area contributed by atoms with Crippen molar-refractivity contribution in [2.75, 3.05) is 0 Å². The van der Waals surface area contributed by atoms with Gasteiger partial charge in [-0.25, -0.2) is 0 Å². The average molecular weight is 385 g/mol. The van der Waals surface area contributed by atoms with Crippen molar-refractivity contribution in [1.82, 2.24) is 14.9 Å². The van der Waals surface area contributed by atoms with E-state index in [0.717, 1.165) is 37.8 Å². The number of rotatable bonds is 5. The Bertz CT molecular complexity index is 1170. The fraction of sp³-hybridized carbons (Fsp3) is 0.0870. The Morgan fingerprint density at radius 2 is 1.39 bits per heavy atom. The lowest BCUT2D eigenvalue weighted by Gasteiger charge is -2.23. The number of hydrogen-bond acceptors (Lipinski definition) is 2. The van der Waals surface area contributed by atoms with E-state index < -0.39 is 0 Å². The zero-order valence-electron chi connectivity index (χ0n) is 15.2. The summed E-state index contributed by atoms with van der Waals surface area (Å²) in [5, 5.41) is 4.27. The van der Waals surface area contributed by atoms with Crippen molar-refractivity contribution < 1.29 is 4.79 Å². The van der Waals surface area contributed by atoms with Gasteiger partial charge in [-0.05, 0) is 46.8 Å². The number of thiophene rings is 1. The second kappa shape index (κ2) is 7.02. The molecule has 0 saturated heterocycles. The van der Waals surface area contributed by atoms with Gasteiger partial charge in [0.25, 0.3) is 5.91 Å². The molecule has 0 aliphatic rings. The highest BCUT2D eigenvalue weighted by atomic mass is 32.1. The first kappa shape index (κ1) is 16.8. The molecule has 1 amide bonds. The Hall–Kier alpha value is -3.31. The van der Waals surface area contributed by atoms with Crippen molar-refractivity contribution in [1.29, 1.82) is 0 Å². The van der Waals surface area contributed by atoms with Crippen LogP contribution in [0.1, 0.15) is 20.8 Å². The van der Waals surface area contributed by atoms with Crippen molar-refractivity contribution in [2.24, 2.45) is 0 Å². The van der Waals surface area contributed by atoms with Crippen LogP contribution in [0.5, 0.6) is 0 Å². The number of aromatic amines is 2. The summed E-state index contributed by atoms with van der Waals surface area (Å²) in [7, 11) is 0. The van der Waals surface area contributed by atoms with Crippen LogP contribution in [0.2, 0.25) is 0 Å². The molecule has 0 unspecified atom stereocenters. The summed E-state index contributed by atoms with van der Waals surface area (Å²) in [6.45, 7) is 1.12. The number of hydrogen-bond donors (Lipinski definition) is 2. The van der Waals surface area contributed by atoms with Crippen LogP contribution < -0.4 is 0 Å². The molecule has 0 saturated carbocycles. The highest BCUT2D eigenvalue weighted by molar-refractivity contribution is 7.12. The van der Waals surface area contributed by atoms with Crippen molar-refractivity contribution in [3.63, 3.8) is 0 Å². The lowest BCUT2D eigenvalue weighted by Crippen LogP contribution is -2.29. The standard InChI is InChI=1S/C23H19N3OS/c27-23(22-8-3-13-28-22)26(14-16-4-1-6-20-18(16)9-11-24-20)15-17-5-2-7-21-19(17)10-12-25-21/h1-13,24-25H,14-15H2. The van der Waals surface area contributed by atoms with E-state index in [1.807, 2.05) is 46.9 Å². The molecule has 5 rings (SSSR count). The van der Waals surface area contributed by atoms with Crippen LogP contribution in [-0.4, -0.2) is 20.8 Å². The summed E-state index contributed by atoms with van der Waals surface area (Å²) in [6, 6.07) is 20.4. The molecule has 28 heavy (non-hydrogen) atoms. The van der Waals surface area contributed by atoms with E-state index in [1.54, 1.807) is 0 Å². The van der Waals surface area contributed by atoms with E-state index in [9.17, 15) is 4.79 Å². The van der Waals surface area contributed by atoms with Gasteiger partial charge in [-0.15, -0.1) is 11.3 Å². The second-order valence-electron chi connectivity index (χ2n) is 6.85.